The fourth-order valence-corrected chi connectivity index (χ4v) is 1.21. The van der Waals surface area contributed by atoms with E-state index in [-0.39, 0.29) is 0 Å². The molecule has 0 fully saturated rings. The van der Waals surface area contributed by atoms with Gasteiger partial charge in [-0.2, -0.15) is 47.9 Å². The van der Waals surface area contributed by atoms with E-state index in [9.17, 15) is 56.8 Å². The van der Waals surface area contributed by atoms with E-state index in [1.165, 1.54) is 4.39 Å². The molecule has 0 aliphatic heterocycles. The van der Waals surface area contributed by atoms with Crippen molar-refractivity contribution >= 4 is 10.1 Å². The minimum Gasteiger partial charge on any atom is -0.232 e. The van der Waals surface area contributed by atoms with Crippen molar-refractivity contribution < 1.29 is 61.2 Å². The number of hydrogen-bond acceptors (Lipinski definition) is 3. The topological polar surface area (TPSA) is 43.4 Å². The minimum absolute atomic E-state index is 1.44. The average molecular weight is 350 g/mol. The minimum atomic E-state index is -7.35. The highest BCUT2D eigenvalue weighted by Gasteiger charge is 2.81. The summed E-state index contributed by atoms with van der Waals surface area (Å²) in [6.07, 6.45) is -13.1. The van der Waals surface area contributed by atoms with E-state index in [0.717, 1.165) is 0 Å². The van der Waals surface area contributed by atoms with Crippen LogP contribution in [-0.2, 0) is 14.5 Å². The van der Waals surface area contributed by atoms with E-state index < -0.39 is 39.6 Å². The lowest BCUT2D eigenvalue weighted by molar-refractivity contribution is -0.373. The van der Waals surface area contributed by atoms with Crippen LogP contribution in [0.15, 0.2) is 0 Å². The molecule has 20 heavy (non-hydrogen) atoms. The molecule has 0 aromatic heterocycles. The van der Waals surface area contributed by atoms with Crippen molar-refractivity contribution in [2.45, 2.75) is 29.4 Å². The van der Waals surface area contributed by atoms with Gasteiger partial charge in [0.05, 0.1) is 0 Å². The Morgan fingerprint density at radius 3 is 1.45 bits per heavy atom. The Bertz CT molecular complexity index is 451. The van der Waals surface area contributed by atoms with Gasteiger partial charge in [0.2, 0.25) is 0 Å². The molecule has 0 spiro atoms. The van der Waals surface area contributed by atoms with Crippen LogP contribution in [-0.4, -0.2) is 37.9 Å². The Morgan fingerprint density at radius 1 is 0.850 bits per heavy atom. The van der Waals surface area contributed by atoms with Crippen LogP contribution in [0.25, 0.3) is 0 Å². The molecule has 122 valence electrons. The zero-order valence-corrected chi connectivity index (χ0v) is 9.18. The number of alkyl halides is 10. The molecular formula is C5HF11O3S. The summed E-state index contributed by atoms with van der Waals surface area (Å²) in [6, 6.07) is 0. The van der Waals surface area contributed by atoms with Crippen LogP contribution < -0.4 is 0 Å². The zero-order chi connectivity index (χ0) is 16.8. The molecule has 1 atom stereocenters. The summed E-state index contributed by atoms with van der Waals surface area (Å²) >= 11 is 0. The highest BCUT2D eigenvalue weighted by atomic mass is 32.2. The van der Waals surface area contributed by atoms with Gasteiger partial charge in [-0.25, -0.2) is 4.39 Å². The second-order valence-corrected chi connectivity index (χ2v) is 4.72. The molecule has 0 bridgehead atoms. The Hall–Kier alpha value is -0.860. The molecule has 0 saturated carbocycles. The van der Waals surface area contributed by atoms with E-state index in [1.54, 1.807) is 0 Å². The fourth-order valence-electron chi connectivity index (χ4n) is 0.728. The lowest BCUT2D eigenvalue weighted by atomic mass is 10.1. The Morgan fingerprint density at radius 2 is 1.20 bits per heavy atom. The molecule has 0 heterocycles. The van der Waals surface area contributed by atoms with Crippen molar-refractivity contribution in [3.05, 3.63) is 0 Å². The summed E-state index contributed by atoms with van der Waals surface area (Å²) in [5.74, 6) is -14.6. The SMILES string of the molecule is O=S(=O)(OF)C(F)(F)C(F)C(F)(F)C(F)(F)C(F)(F)F. The first kappa shape index (κ1) is 19.1. The molecule has 0 aromatic carbocycles. The summed E-state index contributed by atoms with van der Waals surface area (Å²) in [4.78, 5) is 0. The molecule has 0 aromatic rings. The first-order valence-corrected chi connectivity index (χ1v) is 5.26. The van der Waals surface area contributed by atoms with Crippen molar-refractivity contribution in [3.63, 3.8) is 0 Å². The smallest absolute Gasteiger partial charge is 0.232 e. The summed E-state index contributed by atoms with van der Waals surface area (Å²) in [5, 5.41) is -6.71. The Labute approximate surface area is 102 Å². The van der Waals surface area contributed by atoms with Gasteiger partial charge in [0.15, 0.2) is 0 Å². The van der Waals surface area contributed by atoms with Crippen LogP contribution in [0.3, 0.4) is 0 Å². The van der Waals surface area contributed by atoms with Gasteiger partial charge >= 0.3 is 33.4 Å². The second kappa shape index (κ2) is 4.85. The van der Waals surface area contributed by atoms with E-state index >= 15 is 0 Å². The van der Waals surface area contributed by atoms with Gasteiger partial charge in [0.1, 0.15) is 0 Å². The normalized spacial score (nSPS) is 17.1. The van der Waals surface area contributed by atoms with Crippen molar-refractivity contribution in [1.82, 2.24) is 0 Å². The molecule has 0 N–H and O–H groups in total. The average Bonchev–Trinajstić information content (AvgIpc) is 2.25. The van der Waals surface area contributed by atoms with Crippen LogP contribution in [0.5, 0.6) is 0 Å². The van der Waals surface area contributed by atoms with Gasteiger partial charge in [-0.1, -0.05) is 4.39 Å². The zero-order valence-electron chi connectivity index (χ0n) is 8.37. The number of hydrogen-bond donors (Lipinski definition) is 0. The first-order chi connectivity index (χ1) is 8.47. The van der Waals surface area contributed by atoms with Gasteiger partial charge in [-0.3, -0.25) is 0 Å². The molecule has 0 saturated heterocycles. The van der Waals surface area contributed by atoms with Crippen molar-refractivity contribution in [2.24, 2.45) is 0 Å². The highest BCUT2D eigenvalue weighted by molar-refractivity contribution is 7.87. The van der Waals surface area contributed by atoms with E-state index in [1.807, 2.05) is 0 Å². The quantitative estimate of drug-likeness (QED) is 0.716. The van der Waals surface area contributed by atoms with Crippen LogP contribution in [0.4, 0.5) is 48.4 Å². The molecule has 3 nitrogen and oxygen atoms in total. The van der Waals surface area contributed by atoms with Crippen LogP contribution in [0, 0.1) is 0 Å². The molecule has 0 amide bonds. The maximum atomic E-state index is 12.6. The fraction of sp³-hybridized carbons (Fsp3) is 1.00. The second-order valence-electron chi connectivity index (χ2n) is 3.14. The third-order valence-corrected chi connectivity index (χ3v) is 2.84. The number of halogens is 11. The first-order valence-electron chi connectivity index (χ1n) is 3.85. The monoisotopic (exact) mass is 350 g/mol. The van der Waals surface area contributed by atoms with Crippen LogP contribution in [0.2, 0.25) is 0 Å². The lowest BCUT2D eigenvalue weighted by Gasteiger charge is -2.32. The summed E-state index contributed by atoms with van der Waals surface area (Å²) < 4.78 is 154. The predicted octanol–water partition coefficient (Wildman–Crippen LogP) is 2.98. The molecule has 0 radical (unpaired) electrons. The van der Waals surface area contributed by atoms with E-state index in [0.29, 0.717) is 0 Å². The molecule has 0 aliphatic rings. The maximum absolute atomic E-state index is 12.6. The summed E-state index contributed by atoms with van der Waals surface area (Å²) in [5.41, 5.74) is 0. The molecule has 15 heteroatoms. The van der Waals surface area contributed by atoms with Gasteiger partial charge < -0.3 is 0 Å². The Balaban J connectivity index is 5.89. The number of rotatable bonds is 5. The van der Waals surface area contributed by atoms with Crippen molar-refractivity contribution in [1.29, 1.82) is 0 Å². The van der Waals surface area contributed by atoms with Crippen molar-refractivity contribution in [2.75, 3.05) is 0 Å². The van der Waals surface area contributed by atoms with Crippen molar-refractivity contribution in [3.8, 4) is 0 Å². The van der Waals surface area contributed by atoms with E-state index in [2.05, 4.69) is 0 Å². The third-order valence-electron chi connectivity index (χ3n) is 1.80. The van der Waals surface area contributed by atoms with Gasteiger partial charge in [-0.15, -0.1) is 0 Å². The maximum Gasteiger partial charge on any atom is 0.459 e. The van der Waals surface area contributed by atoms with Gasteiger partial charge in [0, 0.05) is 0 Å². The third kappa shape index (κ3) is 2.64. The molecule has 0 rings (SSSR count). The summed E-state index contributed by atoms with van der Waals surface area (Å²) in [7, 11) is -7.14. The highest BCUT2D eigenvalue weighted by Crippen LogP contribution is 2.52. The molecule has 0 aliphatic carbocycles. The van der Waals surface area contributed by atoms with Gasteiger partial charge in [-0.05, 0) is 4.53 Å². The molecular weight excluding hydrogens is 349 g/mol. The lowest BCUT2D eigenvalue weighted by Crippen LogP contribution is -2.62. The van der Waals surface area contributed by atoms with Crippen LogP contribution >= 0.6 is 0 Å². The standard InChI is InChI=1S/C5HF11O3S/c6-1(3(9,10)20(17,18)19-16)2(7,8)4(11,12)5(13,14)15/h1H. The Kier molecular flexibility index (Phi) is 4.64. The van der Waals surface area contributed by atoms with Gasteiger partial charge in [0.25, 0.3) is 6.17 Å². The van der Waals surface area contributed by atoms with Crippen LogP contribution in [0.1, 0.15) is 0 Å². The summed E-state index contributed by atoms with van der Waals surface area (Å²) in [6.45, 7) is 0. The molecule has 1 unspecified atom stereocenters. The largest absolute Gasteiger partial charge is 0.459 e. The predicted molar refractivity (Wildman–Crippen MR) is 36.9 cm³/mol. The van der Waals surface area contributed by atoms with E-state index in [4.69, 9.17) is 0 Å².